The second kappa shape index (κ2) is 8.46. The number of hydrogen-bond acceptors (Lipinski definition) is 2. The minimum absolute atomic E-state index is 0.134. The molecular formula is C21H25O2P. The summed E-state index contributed by atoms with van der Waals surface area (Å²) in [5.74, 6) is 0. The minimum atomic E-state index is -2.86. The maximum absolute atomic E-state index is 13.6. The van der Waals surface area contributed by atoms with Crippen LogP contribution in [0, 0.1) is 0 Å². The standard InChI is InChI=1S/C21H25O2P/c22-24(21-16-8-3-9-17-21,23-20-14-6-2-7-15-20)18-10-13-19-11-4-1-5-12-19/h1,3-5,8-13,16-17,20H,2,6-7,14-15,18H2/b13-10+. The van der Waals surface area contributed by atoms with Gasteiger partial charge in [0, 0.05) is 11.5 Å². The molecule has 1 aliphatic rings. The molecule has 3 heteroatoms. The Labute approximate surface area is 145 Å². The lowest BCUT2D eigenvalue weighted by Gasteiger charge is -2.27. The van der Waals surface area contributed by atoms with Crippen LogP contribution in [0.5, 0.6) is 0 Å². The van der Waals surface area contributed by atoms with Gasteiger partial charge in [0.1, 0.15) is 0 Å². The molecule has 0 amide bonds. The monoisotopic (exact) mass is 340 g/mol. The summed E-state index contributed by atoms with van der Waals surface area (Å²) in [7, 11) is -2.86. The number of rotatable bonds is 6. The fraction of sp³-hybridized carbons (Fsp3) is 0.333. The van der Waals surface area contributed by atoms with Gasteiger partial charge in [0.25, 0.3) is 0 Å². The van der Waals surface area contributed by atoms with Crippen molar-refractivity contribution < 1.29 is 9.09 Å². The van der Waals surface area contributed by atoms with Crippen molar-refractivity contribution in [1.29, 1.82) is 0 Å². The summed E-state index contributed by atoms with van der Waals surface area (Å²) in [6, 6.07) is 19.8. The lowest BCUT2D eigenvalue weighted by molar-refractivity contribution is 0.162. The summed E-state index contributed by atoms with van der Waals surface area (Å²) >= 11 is 0. The van der Waals surface area contributed by atoms with Crippen LogP contribution in [0.4, 0.5) is 0 Å². The normalized spacial score (nSPS) is 18.5. The highest BCUT2D eigenvalue weighted by Crippen LogP contribution is 2.48. The van der Waals surface area contributed by atoms with E-state index in [0.29, 0.717) is 6.16 Å². The lowest BCUT2D eigenvalue weighted by Crippen LogP contribution is -2.20. The lowest BCUT2D eigenvalue weighted by atomic mass is 9.98. The molecule has 1 saturated carbocycles. The second-order valence-electron chi connectivity index (χ2n) is 6.37. The van der Waals surface area contributed by atoms with Crippen molar-refractivity contribution in [3.05, 3.63) is 72.3 Å². The van der Waals surface area contributed by atoms with Crippen LogP contribution in [-0.2, 0) is 9.09 Å². The summed E-state index contributed by atoms with van der Waals surface area (Å²) < 4.78 is 19.8. The minimum Gasteiger partial charge on any atom is -0.322 e. The SMILES string of the molecule is O=P(C/C=C/c1ccccc1)(OC1CCCCC1)c1ccccc1. The summed E-state index contributed by atoms with van der Waals surface area (Å²) in [5, 5.41) is 0.827. The molecule has 1 atom stereocenters. The van der Waals surface area contributed by atoms with Crippen LogP contribution in [0.25, 0.3) is 6.08 Å². The zero-order chi connectivity index (χ0) is 16.7. The molecule has 126 valence electrons. The van der Waals surface area contributed by atoms with Crippen molar-refractivity contribution in [3.8, 4) is 0 Å². The Morgan fingerprint density at radius 2 is 1.54 bits per heavy atom. The summed E-state index contributed by atoms with van der Waals surface area (Å²) in [6.45, 7) is 0. The summed E-state index contributed by atoms with van der Waals surface area (Å²) in [6.07, 6.45) is 10.3. The van der Waals surface area contributed by atoms with Crippen LogP contribution in [0.1, 0.15) is 37.7 Å². The van der Waals surface area contributed by atoms with Gasteiger partial charge in [-0.3, -0.25) is 4.57 Å². The quantitative estimate of drug-likeness (QED) is 0.635. The van der Waals surface area contributed by atoms with Crippen LogP contribution >= 0.6 is 7.37 Å². The molecule has 0 heterocycles. The van der Waals surface area contributed by atoms with Gasteiger partial charge in [-0.2, -0.15) is 0 Å². The Bertz CT molecular complexity index is 688. The van der Waals surface area contributed by atoms with E-state index in [-0.39, 0.29) is 6.10 Å². The fourth-order valence-electron chi connectivity index (χ4n) is 3.17. The van der Waals surface area contributed by atoms with Gasteiger partial charge in [-0.15, -0.1) is 0 Å². The Morgan fingerprint density at radius 1 is 0.917 bits per heavy atom. The van der Waals surface area contributed by atoms with Gasteiger partial charge in [0.2, 0.25) is 7.37 Å². The van der Waals surface area contributed by atoms with Gasteiger partial charge >= 0.3 is 0 Å². The van der Waals surface area contributed by atoms with Crippen molar-refractivity contribution in [1.82, 2.24) is 0 Å². The van der Waals surface area contributed by atoms with Crippen molar-refractivity contribution in [2.45, 2.75) is 38.2 Å². The average molecular weight is 340 g/mol. The van der Waals surface area contributed by atoms with Crippen molar-refractivity contribution in [2.24, 2.45) is 0 Å². The molecule has 2 aromatic carbocycles. The third-order valence-electron chi connectivity index (χ3n) is 4.48. The molecule has 0 spiro atoms. The molecule has 2 aromatic rings. The Morgan fingerprint density at radius 3 is 2.21 bits per heavy atom. The predicted octanol–water partition coefficient (Wildman–Crippen LogP) is 5.65. The van der Waals surface area contributed by atoms with Gasteiger partial charge < -0.3 is 4.52 Å². The molecule has 0 saturated heterocycles. The fourth-order valence-corrected chi connectivity index (χ4v) is 5.29. The van der Waals surface area contributed by atoms with Crippen molar-refractivity contribution >= 4 is 18.7 Å². The van der Waals surface area contributed by atoms with E-state index in [4.69, 9.17) is 4.52 Å². The van der Waals surface area contributed by atoms with E-state index in [9.17, 15) is 4.57 Å². The molecule has 24 heavy (non-hydrogen) atoms. The molecule has 0 aliphatic heterocycles. The van der Waals surface area contributed by atoms with Crippen molar-refractivity contribution in [3.63, 3.8) is 0 Å². The molecule has 0 radical (unpaired) electrons. The van der Waals surface area contributed by atoms with E-state index in [2.05, 4.69) is 0 Å². The highest BCUT2D eigenvalue weighted by Gasteiger charge is 2.29. The van der Waals surface area contributed by atoms with Gasteiger partial charge in [0.05, 0.1) is 6.10 Å². The molecule has 0 aromatic heterocycles. The Hall–Kier alpha value is -1.63. The Balaban J connectivity index is 1.76. The van der Waals surface area contributed by atoms with Crippen molar-refractivity contribution in [2.75, 3.05) is 6.16 Å². The topological polar surface area (TPSA) is 26.3 Å². The third-order valence-corrected chi connectivity index (χ3v) is 6.89. The zero-order valence-corrected chi connectivity index (χ0v) is 14.9. The molecule has 1 unspecified atom stereocenters. The van der Waals surface area contributed by atoms with Crippen LogP contribution in [0.2, 0.25) is 0 Å². The van der Waals surface area contributed by atoms with E-state index in [1.807, 2.05) is 72.8 Å². The van der Waals surface area contributed by atoms with Crippen LogP contribution < -0.4 is 5.30 Å². The molecule has 0 bridgehead atoms. The van der Waals surface area contributed by atoms with Gasteiger partial charge in [-0.1, -0.05) is 79.9 Å². The largest absolute Gasteiger partial charge is 0.322 e. The van der Waals surface area contributed by atoms with Crippen LogP contribution in [0.15, 0.2) is 66.7 Å². The van der Waals surface area contributed by atoms with E-state index in [0.717, 1.165) is 23.7 Å². The first-order valence-electron chi connectivity index (χ1n) is 8.81. The molecule has 2 nitrogen and oxygen atoms in total. The average Bonchev–Trinajstić information content (AvgIpc) is 2.64. The maximum Gasteiger partial charge on any atom is 0.236 e. The Kier molecular flexibility index (Phi) is 6.07. The highest BCUT2D eigenvalue weighted by atomic mass is 31.2. The molecule has 0 N–H and O–H groups in total. The van der Waals surface area contributed by atoms with E-state index >= 15 is 0 Å². The summed E-state index contributed by atoms with van der Waals surface area (Å²) in [4.78, 5) is 0. The van der Waals surface area contributed by atoms with Crippen LogP contribution in [-0.4, -0.2) is 12.3 Å². The smallest absolute Gasteiger partial charge is 0.236 e. The van der Waals surface area contributed by atoms with Gasteiger partial charge in [-0.05, 0) is 30.5 Å². The maximum atomic E-state index is 13.6. The van der Waals surface area contributed by atoms with E-state index < -0.39 is 7.37 Å². The van der Waals surface area contributed by atoms with Gasteiger partial charge in [0.15, 0.2) is 0 Å². The molecule has 1 fully saturated rings. The zero-order valence-electron chi connectivity index (χ0n) is 14.0. The first-order chi connectivity index (χ1) is 11.8. The molecule has 3 rings (SSSR count). The van der Waals surface area contributed by atoms with Crippen LogP contribution in [0.3, 0.4) is 0 Å². The van der Waals surface area contributed by atoms with E-state index in [1.165, 1.54) is 19.3 Å². The first-order valence-corrected chi connectivity index (χ1v) is 10.6. The number of allylic oxidation sites excluding steroid dienone is 1. The summed E-state index contributed by atoms with van der Waals surface area (Å²) in [5.41, 5.74) is 1.12. The first kappa shape index (κ1) is 17.2. The third kappa shape index (κ3) is 4.69. The van der Waals surface area contributed by atoms with E-state index in [1.54, 1.807) is 0 Å². The molecular weight excluding hydrogens is 315 g/mol. The number of benzene rings is 2. The highest BCUT2D eigenvalue weighted by molar-refractivity contribution is 7.67. The predicted molar refractivity (Wildman–Crippen MR) is 102 cm³/mol. The second-order valence-corrected chi connectivity index (χ2v) is 8.81. The van der Waals surface area contributed by atoms with Gasteiger partial charge in [-0.25, -0.2) is 0 Å². The number of hydrogen-bond donors (Lipinski definition) is 0. The molecule has 1 aliphatic carbocycles.